The molecule has 3 aromatic rings. The summed E-state index contributed by atoms with van der Waals surface area (Å²) in [5, 5.41) is 18.1. The highest BCUT2D eigenvalue weighted by Gasteiger charge is 2.17. The molecule has 0 radical (unpaired) electrons. The number of nitrogens with one attached hydrogen (secondary N) is 3. The van der Waals surface area contributed by atoms with Gasteiger partial charge in [-0.25, -0.2) is 4.52 Å². The zero-order valence-corrected chi connectivity index (χ0v) is 11.8. The topological polar surface area (TPSA) is 82.9 Å². The van der Waals surface area contributed by atoms with Crippen molar-refractivity contribution < 1.29 is 0 Å². The number of hydrogen-bond donors (Lipinski definition) is 3. The highest BCUT2D eigenvalue weighted by Crippen LogP contribution is 2.23. The zero-order chi connectivity index (χ0) is 14.2. The number of pyridine rings is 1. The van der Waals surface area contributed by atoms with Crippen molar-refractivity contribution in [2.75, 3.05) is 18.4 Å². The zero-order valence-electron chi connectivity index (χ0n) is 11.8. The second-order valence-corrected chi connectivity index (χ2v) is 5.36. The van der Waals surface area contributed by atoms with Gasteiger partial charge in [0.15, 0.2) is 5.65 Å². The maximum atomic E-state index is 4.58. The molecule has 0 saturated carbocycles. The van der Waals surface area contributed by atoms with E-state index in [1.54, 1.807) is 0 Å². The van der Waals surface area contributed by atoms with Crippen LogP contribution in [0.5, 0.6) is 0 Å². The molecule has 3 N–H and O–H groups in total. The standard InChI is InChI=1S/C14H17N7/c1-9-12(10-6-16-17-7-10)2-3-13-19-14(20-21(9)13)18-11-4-5-15-8-11/h2-3,6-7,11,15H,4-5,8H2,1H3,(H,16,17)(H,18,20)/t11-/m1/s1. The van der Waals surface area contributed by atoms with Crippen molar-refractivity contribution in [1.29, 1.82) is 0 Å². The van der Waals surface area contributed by atoms with Crippen molar-refractivity contribution in [3.8, 4) is 11.1 Å². The molecule has 7 heteroatoms. The van der Waals surface area contributed by atoms with Crippen LogP contribution in [0.4, 0.5) is 5.95 Å². The summed E-state index contributed by atoms with van der Waals surface area (Å²) < 4.78 is 1.88. The second kappa shape index (κ2) is 4.85. The van der Waals surface area contributed by atoms with Gasteiger partial charge in [-0.15, -0.1) is 5.10 Å². The number of aromatic amines is 1. The summed E-state index contributed by atoms with van der Waals surface area (Å²) >= 11 is 0. The molecule has 4 rings (SSSR count). The first-order chi connectivity index (χ1) is 10.3. The van der Waals surface area contributed by atoms with Crippen LogP contribution in [-0.2, 0) is 0 Å². The van der Waals surface area contributed by atoms with E-state index in [0.29, 0.717) is 12.0 Å². The summed E-state index contributed by atoms with van der Waals surface area (Å²) in [7, 11) is 0. The van der Waals surface area contributed by atoms with Gasteiger partial charge < -0.3 is 10.6 Å². The highest BCUT2D eigenvalue weighted by molar-refractivity contribution is 5.67. The minimum absolute atomic E-state index is 0.413. The van der Waals surface area contributed by atoms with Gasteiger partial charge in [0, 0.05) is 35.6 Å². The van der Waals surface area contributed by atoms with Crippen molar-refractivity contribution in [3.63, 3.8) is 0 Å². The van der Waals surface area contributed by atoms with Gasteiger partial charge in [-0.2, -0.15) is 10.1 Å². The molecule has 1 atom stereocenters. The smallest absolute Gasteiger partial charge is 0.243 e. The van der Waals surface area contributed by atoms with Crippen molar-refractivity contribution in [2.45, 2.75) is 19.4 Å². The van der Waals surface area contributed by atoms with Gasteiger partial charge in [-0.3, -0.25) is 5.10 Å². The Bertz CT molecular complexity index is 753. The Labute approximate surface area is 121 Å². The molecule has 0 aliphatic carbocycles. The fourth-order valence-electron chi connectivity index (χ4n) is 2.80. The van der Waals surface area contributed by atoms with Crippen molar-refractivity contribution >= 4 is 11.6 Å². The van der Waals surface area contributed by atoms with Crippen LogP contribution in [0.15, 0.2) is 24.5 Å². The minimum Gasteiger partial charge on any atom is -0.349 e. The van der Waals surface area contributed by atoms with E-state index in [4.69, 9.17) is 0 Å². The Morgan fingerprint density at radius 2 is 2.33 bits per heavy atom. The molecule has 0 unspecified atom stereocenters. The molecule has 1 saturated heterocycles. The molecule has 7 nitrogen and oxygen atoms in total. The van der Waals surface area contributed by atoms with Gasteiger partial charge in [-0.05, 0) is 32.0 Å². The van der Waals surface area contributed by atoms with Crippen molar-refractivity contribution in [2.24, 2.45) is 0 Å². The van der Waals surface area contributed by atoms with Crippen LogP contribution in [0.25, 0.3) is 16.8 Å². The van der Waals surface area contributed by atoms with Crippen LogP contribution in [-0.4, -0.2) is 43.9 Å². The van der Waals surface area contributed by atoms with Crippen LogP contribution in [0.2, 0.25) is 0 Å². The first-order valence-corrected chi connectivity index (χ1v) is 7.14. The Morgan fingerprint density at radius 3 is 3.10 bits per heavy atom. The lowest BCUT2D eigenvalue weighted by atomic mass is 10.1. The molecule has 0 spiro atoms. The molecular formula is C14H17N7. The fraction of sp³-hybridized carbons (Fsp3) is 0.357. The van der Waals surface area contributed by atoms with Crippen LogP contribution in [0.1, 0.15) is 12.1 Å². The van der Waals surface area contributed by atoms with Gasteiger partial charge in [-0.1, -0.05) is 0 Å². The molecule has 1 aliphatic heterocycles. The molecule has 21 heavy (non-hydrogen) atoms. The number of H-pyrrole nitrogens is 1. The van der Waals surface area contributed by atoms with E-state index >= 15 is 0 Å². The molecule has 0 aromatic carbocycles. The van der Waals surface area contributed by atoms with Gasteiger partial charge >= 0.3 is 0 Å². The van der Waals surface area contributed by atoms with Gasteiger partial charge in [0.1, 0.15) is 0 Å². The first kappa shape index (κ1) is 12.3. The number of aryl methyl sites for hydroxylation is 1. The first-order valence-electron chi connectivity index (χ1n) is 7.14. The van der Waals surface area contributed by atoms with Gasteiger partial charge in [0.25, 0.3) is 0 Å². The molecular weight excluding hydrogens is 266 g/mol. The molecule has 1 aliphatic rings. The Kier molecular flexibility index (Phi) is 2.85. The monoisotopic (exact) mass is 283 g/mol. The largest absolute Gasteiger partial charge is 0.349 e. The summed E-state index contributed by atoms with van der Waals surface area (Å²) in [5.41, 5.74) is 4.07. The molecule has 108 valence electrons. The van der Waals surface area contributed by atoms with Crippen LogP contribution >= 0.6 is 0 Å². The normalized spacial score (nSPS) is 18.4. The van der Waals surface area contributed by atoms with Crippen molar-refractivity contribution in [3.05, 3.63) is 30.2 Å². The maximum absolute atomic E-state index is 4.58. The molecule has 0 bridgehead atoms. The average molecular weight is 283 g/mol. The molecule has 3 aromatic heterocycles. The summed E-state index contributed by atoms with van der Waals surface area (Å²) in [4.78, 5) is 4.55. The average Bonchev–Trinajstić information content (AvgIpc) is 3.19. The Morgan fingerprint density at radius 1 is 1.38 bits per heavy atom. The summed E-state index contributed by atoms with van der Waals surface area (Å²) in [6.45, 7) is 4.06. The van der Waals surface area contributed by atoms with E-state index in [9.17, 15) is 0 Å². The van der Waals surface area contributed by atoms with Gasteiger partial charge in [0.05, 0.1) is 6.20 Å². The number of rotatable bonds is 3. The lowest BCUT2D eigenvalue weighted by molar-refractivity contribution is 0.777. The molecule has 0 amide bonds. The lowest BCUT2D eigenvalue weighted by Crippen LogP contribution is -2.22. The van der Waals surface area contributed by atoms with E-state index in [-0.39, 0.29) is 0 Å². The van der Waals surface area contributed by atoms with E-state index < -0.39 is 0 Å². The van der Waals surface area contributed by atoms with E-state index in [1.807, 2.05) is 29.9 Å². The lowest BCUT2D eigenvalue weighted by Gasteiger charge is -2.07. The Hall–Kier alpha value is -2.41. The third-order valence-electron chi connectivity index (χ3n) is 3.94. The van der Waals surface area contributed by atoms with E-state index in [2.05, 4.69) is 37.0 Å². The summed E-state index contributed by atoms with van der Waals surface area (Å²) in [6.07, 6.45) is 4.80. The van der Waals surface area contributed by atoms with Crippen LogP contribution in [0.3, 0.4) is 0 Å². The third kappa shape index (κ3) is 2.15. The molecule has 1 fully saturated rings. The number of aromatic nitrogens is 5. The number of fused-ring (bicyclic) bond motifs is 1. The highest BCUT2D eigenvalue weighted by atomic mass is 15.4. The maximum Gasteiger partial charge on any atom is 0.243 e. The minimum atomic E-state index is 0.413. The SMILES string of the molecule is Cc1c(-c2cn[nH]c2)ccc2nc(N[C@@H]3CCNC3)nn12. The quantitative estimate of drug-likeness (QED) is 0.673. The van der Waals surface area contributed by atoms with E-state index in [1.165, 1.54) is 0 Å². The fourth-order valence-corrected chi connectivity index (χ4v) is 2.80. The molecule has 4 heterocycles. The van der Waals surface area contributed by atoms with Crippen molar-refractivity contribution in [1.82, 2.24) is 30.1 Å². The third-order valence-corrected chi connectivity index (χ3v) is 3.94. The van der Waals surface area contributed by atoms with E-state index in [0.717, 1.165) is 42.0 Å². The second-order valence-electron chi connectivity index (χ2n) is 5.36. The predicted molar refractivity (Wildman–Crippen MR) is 80.2 cm³/mol. The number of anilines is 1. The number of hydrogen-bond acceptors (Lipinski definition) is 5. The van der Waals surface area contributed by atoms with Crippen LogP contribution < -0.4 is 10.6 Å². The summed E-state index contributed by atoms with van der Waals surface area (Å²) in [5.74, 6) is 0.691. The Balaban J connectivity index is 1.72. The number of nitrogens with zero attached hydrogens (tertiary/aromatic N) is 4. The summed E-state index contributed by atoms with van der Waals surface area (Å²) in [6, 6.07) is 4.46. The van der Waals surface area contributed by atoms with Crippen LogP contribution in [0, 0.1) is 6.92 Å². The van der Waals surface area contributed by atoms with Gasteiger partial charge in [0.2, 0.25) is 5.95 Å². The predicted octanol–water partition coefficient (Wildman–Crippen LogP) is 1.20.